The second kappa shape index (κ2) is 2.12. The quantitative estimate of drug-likeness (QED) is 0.561. The third-order valence-corrected chi connectivity index (χ3v) is 2.06. The van der Waals surface area contributed by atoms with Gasteiger partial charge in [0.25, 0.3) is 0 Å². The van der Waals surface area contributed by atoms with Crippen molar-refractivity contribution in [2.75, 3.05) is 11.9 Å². The molecule has 0 saturated heterocycles. The van der Waals surface area contributed by atoms with Crippen molar-refractivity contribution in [3.8, 4) is 0 Å². The van der Waals surface area contributed by atoms with E-state index in [9.17, 15) is 0 Å². The SMILES string of the molecule is CC1C=Cc2cnoc2N1C. The van der Waals surface area contributed by atoms with Gasteiger partial charge in [-0.05, 0) is 13.0 Å². The fraction of sp³-hybridized carbons (Fsp3) is 0.375. The summed E-state index contributed by atoms with van der Waals surface area (Å²) in [6, 6.07) is 0.399. The van der Waals surface area contributed by atoms with E-state index < -0.39 is 0 Å². The van der Waals surface area contributed by atoms with E-state index in [-0.39, 0.29) is 0 Å². The summed E-state index contributed by atoms with van der Waals surface area (Å²) < 4.78 is 5.06. The van der Waals surface area contributed by atoms with E-state index in [1.165, 1.54) is 0 Å². The van der Waals surface area contributed by atoms with Crippen LogP contribution < -0.4 is 4.90 Å². The van der Waals surface area contributed by atoms with E-state index in [1.807, 2.05) is 13.1 Å². The first-order valence-electron chi connectivity index (χ1n) is 3.65. The van der Waals surface area contributed by atoms with E-state index in [2.05, 4.69) is 23.1 Å². The first kappa shape index (κ1) is 6.46. The molecule has 58 valence electrons. The van der Waals surface area contributed by atoms with Crippen LogP contribution in [-0.2, 0) is 0 Å². The summed E-state index contributed by atoms with van der Waals surface area (Å²) >= 11 is 0. The molecule has 11 heavy (non-hydrogen) atoms. The van der Waals surface area contributed by atoms with Crippen molar-refractivity contribution < 1.29 is 4.52 Å². The van der Waals surface area contributed by atoms with Gasteiger partial charge in [0.2, 0.25) is 5.88 Å². The molecule has 0 aliphatic carbocycles. The molecular weight excluding hydrogens is 140 g/mol. The zero-order valence-corrected chi connectivity index (χ0v) is 6.61. The highest BCUT2D eigenvalue weighted by molar-refractivity contribution is 5.66. The lowest BCUT2D eigenvalue weighted by molar-refractivity contribution is 0.416. The molecule has 1 atom stereocenters. The molecule has 0 bridgehead atoms. The summed E-state index contributed by atoms with van der Waals surface area (Å²) in [6.07, 6.45) is 5.89. The monoisotopic (exact) mass is 150 g/mol. The van der Waals surface area contributed by atoms with Gasteiger partial charge in [-0.3, -0.25) is 0 Å². The standard InChI is InChI=1S/C8H10N2O/c1-6-3-4-7-5-9-11-8(7)10(6)2/h3-6H,1-2H3. The molecule has 0 amide bonds. The highest BCUT2D eigenvalue weighted by atomic mass is 16.5. The average Bonchev–Trinajstić information content (AvgIpc) is 2.45. The predicted octanol–water partition coefficient (Wildman–Crippen LogP) is 1.53. The summed E-state index contributed by atoms with van der Waals surface area (Å²) in [5, 5.41) is 3.72. The van der Waals surface area contributed by atoms with E-state index in [4.69, 9.17) is 4.52 Å². The summed E-state index contributed by atoms with van der Waals surface area (Å²) in [7, 11) is 2.00. The Morgan fingerprint density at radius 1 is 1.64 bits per heavy atom. The Labute approximate surface area is 65.3 Å². The van der Waals surface area contributed by atoms with Crippen molar-refractivity contribution in [2.24, 2.45) is 0 Å². The maximum absolute atomic E-state index is 5.06. The van der Waals surface area contributed by atoms with Crippen LogP contribution in [0, 0.1) is 0 Å². The second-order valence-corrected chi connectivity index (χ2v) is 2.80. The Morgan fingerprint density at radius 2 is 2.45 bits per heavy atom. The van der Waals surface area contributed by atoms with Gasteiger partial charge < -0.3 is 9.42 Å². The molecule has 2 heterocycles. The summed E-state index contributed by atoms with van der Waals surface area (Å²) in [5.74, 6) is 0.861. The van der Waals surface area contributed by atoms with Crippen molar-refractivity contribution in [1.29, 1.82) is 0 Å². The molecule has 3 heteroatoms. The Balaban J connectivity index is 2.48. The number of anilines is 1. The normalized spacial score (nSPS) is 22.0. The van der Waals surface area contributed by atoms with Crippen LogP contribution in [-0.4, -0.2) is 18.2 Å². The van der Waals surface area contributed by atoms with Crippen LogP contribution in [0.5, 0.6) is 0 Å². The third kappa shape index (κ3) is 0.843. The predicted molar refractivity (Wildman–Crippen MR) is 43.4 cm³/mol. The molecule has 0 saturated carbocycles. The zero-order chi connectivity index (χ0) is 7.84. The van der Waals surface area contributed by atoms with Gasteiger partial charge in [-0.1, -0.05) is 11.2 Å². The van der Waals surface area contributed by atoms with Gasteiger partial charge in [0.15, 0.2) is 0 Å². The van der Waals surface area contributed by atoms with E-state index in [1.54, 1.807) is 6.20 Å². The molecule has 1 aliphatic rings. The molecule has 1 aliphatic heterocycles. The van der Waals surface area contributed by atoms with Crippen LogP contribution in [0.4, 0.5) is 5.88 Å². The molecule has 1 unspecified atom stereocenters. The van der Waals surface area contributed by atoms with Crippen LogP contribution in [0.3, 0.4) is 0 Å². The Hall–Kier alpha value is -1.25. The fourth-order valence-corrected chi connectivity index (χ4v) is 1.18. The number of nitrogens with zero attached hydrogens (tertiary/aromatic N) is 2. The van der Waals surface area contributed by atoms with Crippen molar-refractivity contribution in [3.63, 3.8) is 0 Å². The van der Waals surface area contributed by atoms with Crippen LogP contribution in [0.2, 0.25) is 0 Å². The highest BCUT2D eigenvalue weighted by Gasteiger charge is 2.18. The lowest BCUT2D eigenvalue weighted by atomic mass is 10.1. The molecular formula is C8H10N2O. The smallest absolute Gasteiger partial charge is 0.234 e. The molecule has 1 aromatic rings. The van der Waals surface area contributed by atoms with Gasteiger partial charge in [-0.2, -0.15) is 0 Å². The molecule has 0 spiro atoms. The fourth-order valence-electron chi connectivity index (χ4n) is 1.18. The maximum Gasteiger partial charge on any atom is 0.234 e. The largest absolute Gasteiger partial charge is 0.338 e. The molecule has 0 N–H and O–H groups in total. The highest BCUT2D eigenvalue weighted by Crippen LogP contribution is 2.26. The second-order valence-electron chi connectivity index (χ2n) is 2.80. The molecule has 0 aromatic carbocycles. The van der Waals surface area contributed by atoms with Crippen LogP contribution in [0.1, 0.15) is 12.5 Å². The molecule has 0 radical (unpaired) electrons. The first-order chi connectivity index (χ1) is 5.29. The number of likely N-dealkylation sites (N-methyl/N-ethyl adjacent to an activating group) is 1. The van der Waals surface area contributed by atoms with Crippen molar-refractivity contribution in [3.05, 3.63) is 17.8 Å². The minimum absolute atomic E-state index is 0.399. The Kier molecular flexibility index (Phi) is 1.24. The van der Waals surface area contributed by atoms with Gasteiger partial charge >= 0.3 is 0 Å². The molecule has 3 nitrogen and oxygen atoms in total. The van der Waals surface area contributed by atoms with E-state index in [0.29, 0.717) is 6.04 Å². The number of hydrogen-bond acceptors (Lipinski definition) is 3. The van der Waals surface area contributed by atoms with E-state index >= 15 is 0 Å². The number of rotatable bonds is 0. The van der Waals surface area contributed by atoms with Crippen LogP contribution >= 0.6 is 0 Å². The molecule has 0 fully saturated rings. The first-order valence-corrected chi connectivity index (χ1v) is 3.65. The van der Waals surface area contributed by atoms with Gasteiger partial charge in [-0.15, -0.1) is 0 Å². The summed E-state index contributed by atoms with van der Waals surface area (Å²) in [5.41, 5.74) is 1.06. The topological polar surface area (TPSA) is 29.3 Å². The zero-order valence-electron chi connectivity index (χ0n) is 6.61. The van der Waals surface area contributed by atoms with E-state index in [0.717, 1.165) is 11.4 Å². The third-order valence-electron chi connectivity index (χ3n) is 2.06. The number of hydrogen-bond donors (Lipinski definition) is 0. The minimum atomic E-state index is 0.399. The van der Waals surface area contributed by atoms with Gasteiger partial charge in [-0.25, -0.2) is 0 Å². The molecule has 2 rings (SSSR count). The number of fused-ring (bicyclic) bond motifs is 1. The lowest BCUT2D eigenvalue weighted by Gasteiger charge is -2.24. The molecule has 1 aromatic heterocycles. The van der Waals surface area contributed by atoms with Gasteiger partial charge in [0.1, 0.15) is 0 Å². The van der Waals surface area contributed by atoms with Crippen LogP contribution in [0.25, 0.3) is 6.08 Å². The van der Waals surface area contributed by atoms with Crippen molar-refractivity contribution in [1.82, 2.24) is 5.16 Å². The van der Waals surface area contributed by atoms with Crippen molar-refractivity contribution >= 4 is 12.0 Å². The van der Waals surface area contributed by atoms with Crippen molar-refractivity contribution in [2.45, 2.75) is 13.0 Å². The Morgan fingerprint density at radius 3 is 3.27 bits per heavy atom. The van der Waals surface area contributed by atoms with Gasteiger partial charge in [0, 0.05) is 13.1 Å². The van der Waals surface area contributed by atoms with Gasteiger partial charge in [0.05, 0.1) is 11.8 Å². The average molecular weight is 150 g/mol. The maximum atomic E-state index is 5.06. The summed E-state index contributed by atoms with van der Waals surface area (Å²) in [4.78, 5) is 2.06. The number of aromatic nitrogens is 1. The summed E-state index contributed by atoms with van der Waals surface area (Å²) in [6.45, 7) is 2.11. The minimum Gasteiger partial charge on any atom is -0.338 e. The lowest BCUT2D eigenvalue weighted by Crippen LogP contribution is -2.28. The Bertz CT molecular complexity index is 290. The van der Waals surface area contributed by atoms with Crippen LogP contribution in [0.15, 0.2) is 16.8 Å².